The molecule has 0 aromatic heterocycles. The van der Waals surface area contributed by atoms with E-state index in [1.54, 1.807) is 11.8 Å². The van der Waals surface area contributed by atoms with Crippen LogP contribution in [0.2, 0.25) is 5.02 Å². The molecule has 0 bridgehead atoms. The zero-order valence-electron chi connectivity index (χ0n) is 8.98. The molecule has 0 aliphatic carbocycles. The molecule has 1 unspecified atom stereocenters. The first-order chi connectivity index (χ1) is 7.65. The SMILES string of the molecule is COC(=O)C(N)CCSc1ccccc1Cl. The van der Waals surface area contributed by atoms with E-state index in [1.165, 1.54) is 7.11 Å². The molecule has 0 fully saturated rings. The molecule has 2 N–H and O–H groups in total. The highest BCUT2D eigenvalue weighted by molar-refractivity contribution is 7.99. The maximum atomic E-state index is 11.0. The minimum absolute atomic E-state index is 0.375. The van der Waals surface area contributed by atoms with Crippen LogP contribution in [0, 0.1) is 0 Å². The van der Waals surface area contributed by atoms with E-state index in [-0.39, 0.29) is 5.97 Å². The minimum Gasteiger partial charge on any atom is -0.468 e. The quantitative estimate of drug-likeness (QED) is 0.651. The van der Waals surface area contributed by atoms with Gasteiger partial charge >= 0.3 is 5.97 Å². The standard InChI is InChI=1S/C11H14ClNO2S/c1-15-11(14)9(13)6-7-16-10-5-3-2-4-8(10)12/h2-5,9H,6-7,13H2,1H3. The topological polar surface area (TPSA) is 52.3 Å². The molecular weight excluding hydrogens is 246 g/mol. The predicted molar refractivity (Wildman–Crippen MR) is 66.8 cm³/mol. The summed E-state index contributed by atoms with van der Waals surface area (Å²) in [6.45, 7) is 0. The predicted octanol–water partition coefficient (Wildman–Crippen LogP) is 2.32. The average molecular weight is 260 g/mol. The second-order valence-corrected chi connectivity index (χ2v) is 4.74. The molecule has 0 saturated heterocycles. The molecule has 0 spiro atoms. The highest BCUT2D eigenvalue weighted by atomic mass is 35.5. The van der Waals surface area contributed by atoms with Gasteiger partial charge in [0.1, 0.15) is 6.04 Å². The number of hydrogen-bond donors (Lipinski definition) is 1. The van der Waals surface area contributed by atoms with Crippen molar-refractivity contribution < 1.29 is 9.53 Å². The van der Waals surface area contributed by atoms with Gasteiger partial charge in [-0.15, -0.1) is 11.8 Å². The number of halogens is 1. The number of methoxy groups -OCH3 is 1. The molecule has 1 aromatic carbocycles. The molecule has 1 rings (SSSR count). The fraction of sp³-hybridized carbons (Fsp3) is 0.364. The van der Waals surface area contributed by atoms with Gasteiger partial charge in [-0.2, -0.15) is 0 Å². The van der Waals surface area contributed by atoms with E-state index in [0.29, 0.717) is 6.42 Å². The van der Waals surface area contributed by atoms with Crippen LogP contribution in [0.3, 0.4) is 0 Å². The van der Waals surface area contributed by atoms with Crippen molar-refractivity contribution in [1.29, 1.82) is 0 Å². The summed E-state index contributed by atoms with van der Waals surface area (Å²) in [4.78, 5) is 12.0. The van der Waals surface area contributed by atoms with E-state index in [0.717, 1.165) is 15.7 Å². The Morgan fingerprint density at radius 2 is 2.25 bits per heavy atom. The van der Waals surface area contributed by atoms with Gasteiger partial charge in [-0.1, -0.05) is 23.7 Å². The lowest BCUT2D eigenvalue weighted by atomic mass is 10.2. The van der Waals surface area contributed by atoms with Crippen molar-refractivity contribution in [2.24, 2.45) is 5.73 Å². The van der Waals surface area contributed by atoms with Gasteiger partial charge in [0.25, 0.3) is 0 Å². The third kappa shape index (κ3) is 4.04. The Bertz CT molecular complexity index is 360. The van der Waals surface area contributed by atoms with E-state index in [1.807, 2.05) is 24.3 Å². The Morgan fingerprint density at radius 3 is 2.88 bits per heavy atom. The smallest absolute Gasteiger partial charge is 0.322 e. The highest BCUT2D eigenvalue weighted by Gasteiger charge is 2.13. The van der Waals surface area contributed by atoms with E-state index in [9.17, 15) is 4.79 Å². The van der Waals surface area contributed by atoms with Crippen LogP contribution in [0.5, 0.6) is 0 Å². The number of hydrogen-bond acceptors (Lipinski definition) is 4. The fourth-order valence-electron chi connectivity index (χ4n) is 1.13. The summed E-state index contributed by atoms with van der Waals surface area (Å²) in [7, 11) is 1.34. The Labute approximate surface area is 104 Å². The van der Waals surface area contributed by atoms with Crippen LogP contribution < -0.4 is 5.73 Å². The highest BCUT2D eigenvalue weighted by Crippen LogP contribution is 2.27. The maximum absolute atomic E-state index is 11.0. The fourth-order valence-corrected chi connectivity index (χ4v) is 2.40. The van der Waals surface area contributed by atoms with Crippen LogP contribution in [-0.2, 0) is 9.53 Å². The third-order valence-electron chi connectivity index (χ3n) is 2.03. The first-order valence-corrected chi connectivity index (χ1v) is 6.22. The Morgan fingerprint density at radius 1 is 1.56 bits per heavy atom. The van der Waals surface area contributed by atoms with E-state index < -0.39 is 6.04 Å². The van der Waals surface area contributed by atoms with Crippen molar-refractivity contribution >= 4 is 29.3 Å². The molecule has 88 valence electrons. The monoisotopic (exact) mass is 259 g/mol. The first-order valence-electron chi connectivity index (χ1n) is 4.86. The van der Waals surface area contributed by atoms with Gasteiger partial charge in [-0.3, -0.25) is 4.79 Å². The summed E-state index contributed by atoms with van der Waals surface area (Å²) >= 11 is 7.57. The molecule has 0 aliphatic rings. The van der Waals surface area contributed by atoms with Gasteiger partial charge < -0.3 is 10.5 Å². The number of rotatable bonds is 5. The van der Waals surface area contributed by atoms with Crippen LogP contribution in [-0.4, -0.2) is 24.9 Å². The van der Waals surface area contributed by atoms with Crippen molar-refractivity contribution in [3.8, 4) is 0 Å². The van der Waals surface area contributed by atoms with Gasteiger partial charge in [0.15, 0.2) is 0 Å². The third-order valence-corrected chi connectivity index (χ3v) is 3.58. The number of thioether (sulfide) groups is 1. The lowest BCUT2D eigenvalue weighted by molar-refractivity contribution is -0.142. The van der Waals surface area contributed by atoms with Crippen LogP contribution in [0.4, 0.5) is 0 Å². The molecule has 3 nitrogen and oxygen atoms in total. The number of nitrogens with two attached hydrogens (primary N) is 1. The van der Waals surface area contributed by atoms with Crippen molar-refractivity contribution in [2.45, 2.75) is 17.4 Å². The summed E-state index contributed by atoms with van der Waals surface area (Å²) in [5.74, 6) is 0.361. The van der Waals surface area contributed by atoms with E-state index >= 15 is 0 Å². The first kappa shape index (κ1) is 13.4. The van der Waals surface area contributed by atoms with Crippen molar-refractivity contribution in [2.75, 3.05) is 12.9 Å². The number of benzene rings is 1. The normalized spacial score (nSPS) is 12.2. The molecule has 0 radical (unpaired) electrons. The summed E-state index contributed by atoms with van der Waals surface area (Å²) < 4.78 is 4.54. The van der Waals surface area contributed by atoms with Crippen molar-refractivity contribution in [3.63, 3.8) is 0 Å². The van der Waals surface area contributed by atoms with E-state index in [2.05, 4.69) is 4.74 Å². The Balaban J connectivity index is 2.36. The van der Waals surface area contributed by atoms with Gasteiger partial charge in [0, 0.05) is 10.6 Å². The molecule has 0 amide bonds. The van der Waals surface area contributed by atoms with Gasteiger partial charge in [0.05, 0.1) is 12.1 Å². The number of carbonyl (C=O) groups excluding carboxylic acids is 1. The second-order valence-electron chi connectivity index (χ2n) is 3.20. The molecule has 0 heterocycles. The summed E-state index contributed by atoms with van der Waals surface area (Å²) in [5.41, 5.74) is 5.61. The zero-order valence-corrected chi connectivity index (χ0v) is 10.6. The van der Waals surface area contributed by atoms with Gasteiger partial charge in [0.2, 0.25) is 0 Å². The molecule has 0 aliphatic heterocycles. The summed E-state index contributed by atoms with van der Waals surface area (Å²) in [6, 6.07) is 7.03. The number of ether oxygens (including phenoxy) is 1. The molecule has 1 atom stereocenters. The van der Waals surface area contributed by atoms with Crippen LogP contribution in [0.25, 0.3) is 0 Å². The van der Waals surface area contributed by atoms with Crippen molar-refractivity contribution in [1.82, 2.24) is 0 Å². The van der Waals surface area contributed by atoms with Gasteiger partial charge in [-0.05, 0) is 18.6 Å². The van der Waals surface area contributed by atoms with E-state index in [4.69, 9.17) is 17.3 Å². The second kappa shape index (κ2) is 6.78. The molecule has 5 heteroatoms. The molecule has 1 aromatic rings. The Hall–Kier alpha value is -0.710. The Kier molecular flexibility index (Phi) is 5.66. The minimum atomic E-state index is -0.556. The lowest BCUT2D eigenvalue weighted by Crippen LogP contribution is -2.31. The summed E-state index contributed by atoms with van der Waals surface area (Å²) in [6.07, 6.45) is 0.572. The largest absolute Gasteiger partial charge is 0.468 e. The lowest BCUT2D eigenvalue weighted by Gasteiger charge is -2.08. The van der Waals surface area contributed by atoms with Crippen LogP contribution >= 0.6 is 23.4 Å². The van der Waals surface area contributed by atoms with Crippen LogP contribution in [0.15, 0.2) is 29.2 Å². The molecular formula is C11H14ClNO2S. The average Bonchev–Trinajstić information content (AvgIpc) is 2.30. The summed E-state index contributed by atoms with van der Waals surface area (Å²) in [5, 5.41) is 0.721. The van der Waals surface area contributed by atoms with Crippen LogP contribution in [0.1, 0.15) is 6.42 Å². The van der Waals surface area contributed by atoms with Crippen molar-refractivity contribution in [3.05, 3.63) is 29.3 Å². The van der Waals surface area contributed by atoms with Gasteiger partial charge in [-0.25, -0.2) is 0 Å². The maximum Gasteiger partial charge on any atom is 0.322 e. The molecule has 16 heavy (non-hydrogen) atoms. The number of carbonyl (C=O) groups is 1. The number of esters is 1. The zero-order chi connectivity index (χ0) is 12.0. The molecule has 0 saturated carbocycles.